The SMILES string of the molecule is O=C(O)CN(C1CC1)S(=O)(=O)c1ccc(F)c([N+](=O)[O-])c1. The van der Waals surface area contributed by atoms with Gasteiger partial charge in [-0.1, -0.05) is 0 Å². The molecule has 0 saturated heterocycles. The Labute approximate surface area is 119 Å². The highest BCUT2D eigenvalue weighted by atomic mass is 32.2. The summed E-state index contributed by atoms with van der Waals surface area (Å²) in [6.45, 7) is -0.738. The summed E-state index contributed by atoms with van der Waals surface area (Å²) in [4.78, 5) is 19.9. The molecule has 1 N–H and O–H groups in total. The van der Waals surface area contributed by atoms with E-state index in [-0.39, 0.29) is 0 Å². The summed E-state index contributed by atoms with van der Waals surface area (Å²) in [5.74, 6) is -2.49. The molecule has 0 atom stereocenters. The summed E-state index contributed by atoms with van der Waals surface area (Å²) in [7, 11) is -4.22. The van der Waals surface area contributed by atoms with Gasteiger partial charge in [-0.05, 0) is 25.0 Å². The molecule has 8 nitrogen and oxygen atoms in total. The molecule has 0 heterocycles. The van der Waals surface area contributed by atoms with Gasteiger partial charge in [-0.3, -0.25) is 14.9 Å². The van der Waals surface area contributed by atoms with E-state index in [0.717, 1.165) is 10.4 Å². The first-order valence-electron chi connectivity index (χ1n) is 5.91. The lowest BCUT2D eigenvalue weighted by Crippen LogP contribution is -2.37. The van der Waals surface area contributed by atoms with Crippen molar-refractivity contribution in [3.8, 4) is 0 Å². The molecular formula is C11H11FN2O6S. The molecule has 0 amide bonds. The van der Waals surface area contributed by atoms with Gasteiger partial charge in [0.2, 0.25) is 15.8 Å². The Bertz CT molecular complexity index is 701. The number of hydrogen-bond acceptors (Lipinski definition) is 5. The largest absolute Gasteiger partial charge is 0.480 e. The minimum absolute atomic E-state index is 0.435. The highest BCUT2D eigenvalue weighted by molar-refractivity contribution is 7.89. The summed E-state index contributed by atoms with van der Waals surface area (Å²) >= 11 is 0. The van der Waals surface area contributed by atoms with E-state index < -0.39 is 49.9 Å². The number of carbonyl (C=O) groups is 1. The van der Waals surface area contributed by atoms with Gasteiger partial charge in [-0.25, -0.2) is 8.42 Å². The van der Waals surface area contributed by atoms with Crippen molar-refractivity contribution in [2.24, 2.45) is 0 Å². The van der Waals surface area contributed by atoms with E-state index >= 15 is 0 Å². The van der Waals surface area contributed by atoms with E-state index in [1.165, 1.54) is 0 Å². The van der Waals surface area contributed by atoms with Crippen molar-refractivity contribution in [1.29, 1.82) is 0 Å². The molecule has 10 heteroatoms. The second-order valence-corrected chi connectivity index (χ2v) is 6.44. The molecule has 0 spiro atoms. The zero-order valence-corrected chi connectivity index (χ0v) is 11.4. The second kappa shape index (κ2) is 5.37. The van der Waals surface area contributed by atoms with Gasteiger partial charge in [0.25, 0.3) is 0 Å². The number of sulfonamides is 1. The number of carboxylic acids is 1. The van der Waals surface area contributed by atoms with Gasteiger partial charge in [0.1, 0.15) is 6.54 Å². The molecular weight excluding hydrogens is 307 g/mol. The Morgan fingerprint density at radius 3 is 2.57 bits per heavy atom. The molecule has 1 saturated carbocycles. The van der Waals surface area contributed by atoms with Crippen molar-refractivity contribution in [3.05, 3.63) is 34.1 Å². The molecule has 1 aliphatic carbocycles. The van der Waals surface area contributed by atoms with E-state index in [4.69, 9.17) is 5.11 Å². The van der Waals surface area contributed by atoms with Crippen molar-refractivity contribution in [1.82, 2.24) is 4.31 Å². The van der Waals surface area contributed by atoms with Crippen LogP contribution in [-0.2, 0) is 14.8 Å². The Balaban J connectivity index is 2.44. The monoisotopic (exact) mass is 318 g/mol. The molecule has 1 aliphatic rings. The van der Waals surface area contributed by atoms with Gasteiger partial charge in [-0.2, -0.15) is 8.70 Å². The van der Waals surface area contributed by atoms with Crippen LogP contribution in [0.25, 0.3) is 0 Å². The maximum absolute atomic E-state index is 13.2. The first-order valence-corrected chi connectivity index (χ1v) is 7.35. The molecule has 0 aromatic heterocycles. The third-order valence-corrected chi connectivity index (χ3v) is 4.86. The standard InChI is InChI=1S/C11H11FN2O6S/c12-9-4-3-8(5-10(9)14(17)18)21(19,20)13(6-11(15)16)7-1-2-7/h3-5,7H,1-2,6H2,(H,15,16). The van der Waals surface area contributed by atoms with Crippen LogP contribution in [0.3, 0.4) is 0 Å². The van der Waals surface area contributed by atoms with Gasteiger partial charge in [0.05, 0.1) is 9.82 Å². The molecule has 2 rings (SSSR count). The minimum Gasteiger partial charge on any atom is -0.480 e. The second-order valence-electron chi connectivity index (χ2n) is 4.55. The number of benzene rings is 1. The number of nitro groups is 1. The molecule has 21 heavy (non-hydrogen) atoms. The van der Waals surface area contributed by atoms with Crippen molar-refractivity contribution in [2.45, 2.75) is 23.8 Å². The number of nitrogens with zero attached hydrogens (tertiary/aromatic N) is 2. The van der Waals surface area contributed by atoms with E-state index in [1.807, 2.05) is 0 Å². The smallest absolute Gasteiger partial charge is 0.318 e. The molecule has 0 aliphatic heterocycles. The summed E-state index contributed by atoms with van der Waals surface area (Å²) in [5, 5.41) is 19.4. The van der Waals surface area contributed by atoms with E-state index in [1.54, 1.807) is 0 Å². The highest BCUT2D eigenvalue weighted by Crippen LogP contribution is 2.33. The fourth-order valence-electron chi connectivity index (χ4n) is 1.83. The summed E-state index contributed by atoms with van der Waals surface area (Å²) in [5.41, 5.74) is -0.970. The number of carboxylic acid groups (broad SMARTS) is 1. The summed E-state index contributed by atoms with van der Waals surface area (Å²) in [6, 6.07) is 1.73. The molecule has 0 bridgehead atoms. The van der Waals surface area contributed by atoms with Crippen LogP contribution in [0.15, 0.2) is 23.1 Å². The molecule has 0 radical (unpaired) electrons. The first kappa shape index (κ1) is 15.3. The van der Waals surface area contributed by atoms with E-state index in [0.29, 0.717) is 25.0 Å². The van der Waals surface area contributed by atoms with Crippen LogP contribution in [0.2, 0.25) is 0 Å². The van der Waals surface area contributed by atoms with Gasteiger partial charge in [0, 0.05) is 12.1 Å². The zero-order chi connectivity index (χ0) is 15.8. The Morgan fingerprint density at radius 1 is 1.48 bits per heavy atom. The average Bonchev–Trinajstić information content (AvgIpc) is 3.19. The van der Waals surface area contributed by atoms with Crippen LogP contribution in [0.1, 0.15) is 12.8 Å². The van der Waals surface area contributed by atoms with E-state index in [2.05, 4.69) is 0 Å². The van der Waals surface area contributed by atoms with Crippen LogP contribution in [0.4, 0.5) is 10.1 Å². The Morgan fingerprint density at radius 2 is 2.10 bits per heavy atom. The lowest BCUT2D eigenvalue weighted by atomic mass is 10.3. The lowest BCUT2D eigenvalue weighted by molar-refractivity contribution is -0.387. The number of nitro benzene ring substituents is 1. The lowest BCUT2D eigenvalue weighted by Gasteiger charge is -2.19. The van der Waals surface area contributed by atoms with Crippen LogP contribution in [0.5, 0.6) is 0 Å². The molecule has 0 unspecified atom stereocenters. The molecule has 1 aromatic carbocycles. The number of halogens is 1. The first-order chi connectivity index (χ1) is 9.73. The fourth-order valence-corrected chi connectivity index (χ4v) is 3.49. The minimum atomic E-state index is -4.22. The van der Waals surface area contributed by atoms with Crippen LogP contribution < -0.4 is 0 Å². The highest BCUT2D eigenvalue weighted by Gasteiger charge is 2.40. The van der Waals surface area contributed by atoms with Crippen molar-refractivity contribution in [2.75, 3.05) is 6.54 Å². The third kappa shape index (κ3) is 3.16. The van der Waals surface area contributed by atoms with Crippen molar-refractivity contribution >= 4 is 21.7 Å². The molecule has 1 aromatic rings. The average molecular weight is 318 g/mol. The summed E-state index contributed by atoms with van der Waals surface area (Å²) < 4.78 is 38.7. The number of aliphatic carboxylic acids is 1. The van der Waals surface area contributed by atoms with Crippen LogP contribution in [-0.4, -0.2) is 41.3 Å². The van der Waals surface area contributed by atoms with Gasteiger partial charge >= 0.3 is 11.7 Å². The van der Waals surface area contributed by atoms with Gasteiger partial charge in [-0.15, -0.1) is 0 Å². The van der Waals surface area contributed by atoms with Crippen molar-refractivity contribution < 1.29 is 27.6 Å². The normalized spacial score (nSPS) is 15.1. The van der Waals surface area contributed by atoms with Gasteiger partial charge in [0.15, 0.2) is 0 Å². The topological polar surface area (TPSA) is 118 Å². The Hall–Kier alpha value is -2.07. The maximum Gasteiger partial charge on any atom is 0.318 e. The predicted octanol–water partition coefficient (Wildman–Crippen LogP) is 0.972. The quantitative estimate of drug-likeness (QED) is 0.617. The number of rotatable bonds is 6. The summed E-state index contributed by atoms with van der Waals surface area (Å²) in [6.07, 6.45) is 1.05. The van der Waals surface area contributed by atoms with Gasteiger partial charge < -0.3 is 5.11 Å². The fraction of sp³-hybridized carbons (Fsp3) is 0.364. The third-order valence-electron chi connectivity index (χ3n) is 2.97. The predicted molar refractivity (Wildman–Crippen MR) is 67.6 cm³/mol. The van der Waals surface area contributed by atoms with Crippen molar-refractivity contribution in [3.63, 3.8) is 0 Å². The molecule has 1 fully saturated rings. The number of hydrogen-bond donors (Lipinski definition) is 1. The van der Waals surface area contributed by atoms with E-state index in [9.17, 15) is 27.7 Å². The Kier molecular flexibility index (Phi) is 3.92. The zero-order valence-electron chi connectivity index (χ0n) is 10.6. The van der Waals surface area contributed by atoms with Crippen LogP contribution >= 0.6 is 0 Å². The maximum atomic E-state index is 13.2. The molecule has 114 valence electrons. The van der Waals surface area contributed by atoms with Crippen LogP contribution in [0, 0.1) is 15.9 Å².